The number of carbonyl (C=O) groups is 3. The van der Waals surface area contributed by atoms with Crippen molar-refractivity contribution in [3.05, 3.63) is 0 Å². The summed E-state index contributed by atoms with van der Waals surface area (Å²) in [4.78, 5) is 35.3. The maximum atomic E-state index is 11.9. The molecule has 2 atom stereocenters. The first-order chi connectivity index (χ1) is 8.86. The predicted molar refractivity (Wildman–Crippen MR) is 70.5 cm³/mol. The molecule has 0 bridgehead atoms. The first kappa shape index (κ1) is 15.4. The van der Waals surface area contributed by atoms with Crippen LogP contribution in [-0.2, 0) is 14.4 Å². The summed E-state index contributed by atoms with van der Waals surface area (Å²) in [5.41, 5.74) is 5.81. The number of thioether (sulfide) groups is 1. The van der Waals surface area contributed by atoms with E-state index in [4.69, 9.17) is 16.7 Å². The van der Waals surface area contributed by atoms with Crippen LogP contribution in [0.5, 0.6) is 0 Å². The number of aliphatic carboxylic acids is 1. The molecule has 1 aliphatic heterocycles. The summed E-state index contributed by atoms with van der Waals surface area (Å²) < 4.78 is 0. The summed E-state index contributed by atoms with van der Waals surface area (Å²) in [6.07, 6.45) is 0.0493. The molecule has 106 valence electrons. The Morgan fingerprint density at radius 1 is 1.63 bits per heavy atom. The molecular formula is C10H16N4O4S. The van der Waals surface area contributed by atoms with Crippen LogP contribution in [0.15, 0.2) is 5.10 Å². The fourth-order valence-corrected chi connectivity index (χ4v) is 2.62. The van der Waals surface area contributed by atoms with E-state index >= 15 is 0 Å². The molecule has 0 spiro atoms. The van der Waals surface area contributed by atoms with Gasteiger partial charge in [0.25, 0.3) is 0 Å². The topological polar surface area (TPSA) is 139 Å². The second kappa shape index (κ2) is 6.53. The van der Waals surface area contributed by atoms with Gasteiger partial charge in [-0.3, -0.25) is 19.3 Å². The van der Waals surface area contributed by atoms with Crippen LogP contribution in [0.1, 0.15) is 13.3 Å². The Hall–Kier alpha value is -1.61. The van der Waals surface area contributed by atoms with Gasteiger partial charge in [-0.1, -0.05) is 0 Å². The number of nitrogens with two attached hydrogens (primary N) is 2. The average Bonchev–Trinajstić information content (AvgIpc) is 2.63. The molecule has 1 fully saturated rings. The first-order valence-electron chi connectivity index (χ1n) is 5.54. The zero-order valence-electron chi connectivity index (χ0n) is 10.4. The van der Waals surface area contributed by atoms with Gasteiger partial charge in [0.15, 0.2) is 0 Å². The van der Waals surface area contributed by atoms with Gasteiger partial charge in [-0.15, -0.1) is 11.8 Å². The Morgan fingerprint density at radius 3 is 2.79 bits per heavy atom. The lowest BCUT2D eigenvalue weighted by Gasteiger charge is -2.14. The van der Waals surface area contributed by atoms with Gasteiger partial charge in [-0.05, 0) is 6.92 Å². The van der Waals surface area contributed by atoms with Crippen molar-refractivity contribution in [3.63, 3.8) is 0 Å². The fourth-order valence-electron chi connectivity index (χ4n) is 1.51. The van der Waals surface area contributed by atoms with Crippen molar-refractivity contribution in [2.24, 2.45) is 16.7 Å². The summed E-state index contributed by atoms with van der Waals surface area (Å²) in [5, 5.41) is 11.5. The molecule has 19 heavy (non-hydrogen) atoms. The van der Waals surface area contributed by atoms with Crippen LogP contribution in [0, 0.1) is 0 Å². The molecule has 2 amide bonds. The molecule has 1 saturated heterocycles. The second-order valence-corrected chi connectivity index (χ2v) is 5.39. The van der Waals surface area contributed by atoms with Crippen molar-refractivity contribution in [2.45, 2.75) is 24.6 Å². The van der Waals surface area contributed by atoms with Crippen molar-refractivity contribution in [1.29, 1.82) is 0 Å². The normalized spacial score (nSPS) is 21.9. The largest absolute Gasteiger partial charge is 0.480 e. The van der Waals surface area contributed by atoms with Crippen LogP contribution in [0.4, 0.5) is 0 Å². The number of hydrazone groups is 1. The summed E-state index contributed by atoms with van der Waals surface area (Å²) in [6, 6.07) is -1.05. The molecular weight excluding hydrogens is 272 g/mol. The molecule has 0 saturated carbocycles. The van der Waals surface area contributed by atoms with E-state index < -0.39 is 17.3 Å². The SMILES string of the molecule is C/C(CN1C(=O)CC(SC[C@H](N)C(=O)O)C1=O)=N\N. The predicted octanol–water partition coefficient (Wildman–Crippen LogP) is -1.41. The maximum absolute atomic E-state index is 11.9. The van der Waals surface area contributed by atoms with Gasteiger partial charge in [-0.25, -0.2) is 0 Å². The third kappa shape index (κ3) is 3.93. The van der Waals surface area contributed by atoms with E-state index in [9.17, 15) is 14.4 Å². The van der Waals surface area contributed by atoms with Gasteiger partial charge in [0, 0.05) is 12.2 Å². The van der Waals surface area contributed by atoms with E-state index in [2.05, 4.69) is 5.10 Å². The minimum Gasteiger partial charge on any atom is -0.480 e. The second-order valence-electron chi connectivity index (χ2n) is 4.15. The molecule has 1 heterocycles. The highest BCUT2D eigenvalue weighted by Crippen LogP contribution is 2.25. The third-order valence-electron chi connectivity index (χ3n) is 2.60. The zero-order chi connectivity index (χ0) is 14.6. The Kier molecular flexibility index (Phi) is 5.31. The molecule has 5 N–H and O–H groups in total. The molecule has 0 aromatic carbocycles. The lowest BCUT2D eigenvalue weighted by atomic mass is 10.3. The number of hydrogen-bond acceptors (Lipinski definition) is 7. The molecule has 0 aromatic rings. The molecule has 1 unspecified atom stereocenters. The van der Waals surface area contributed by atoms with Gasteiger partial charge >= 0.3 is 5.97 Å². The van der Waals surface area contributed by atoms with Crippen molar-refractivity contribution in [2.75, 3.05) is 12.3 Å². The molecule has 1 aliphatic rings. The maximum Gasteiger partial charge on any atom is 0.321 e. The smallest absolute Gasteiger partial charge is 0.321 e. The number of likely N-dealkylation sites (tertiary alicyclic amines) is 1. The number of carbonyl (C=O) groups excluding carboxylic acids is 2. The van der Waals surface area contributed by atoms with E-state index in [1.807, 2.05) is 0 Å². The van der Waals surface area contributed by atoms with Gasteiger partial charge in [0.05, 0.1) is 17.5 Å². The van der Waals surface area contributed by atoms with Crippen LogP contribution < -0.4 is 11.6 Å². The highest BCUT2D eigenvalue weighted by Gasteiger charge is 2.39. The molecule has 0 aromatic heterocycles. The quantitative estimate of drug-likeness (QED) is 0.236. The van der Waals surface area contributed by atoms with Crippen molar-refractivity contribution in [1.82, 2.24) is 4.90 Å². The highest BCUT2D eigenvalue weighted by molar-refractivity contribution is 8.00. The molecule has 0 radical (unpaired) electrons. The number of rotatable bonds is 6. The lowest BCUT2D eigenvalue weighted by Crippen LogP contribution is -2.36. The van der Waals surface area contributed by atoms with Crippen LogP contribution in [0.2, 0.25) is 0 Å². The minimum absolute atomic E-state index is 0.0493. The Bertz CT molecular complexity index is 426. The monoisotopic (exact) mass is 288 g/mol. The molecule has 8 nitrogen and oxygen atoms in total. The summed E-state index contributed by atoms with van der Waals surface area (Å²) in [7, 11) is 0. The number of carboxylic acids is 1. The van der Waals surface area contributed by atoms with Crippen LogP contribution in [0.3, 0.4) is 0 Å². The molecule has 1 rings (SSSR count). The highest BCUT2D eigenvalue weighted by atomic mass is 32.2. The van der Waals surface area contributed by atoms with Crippen molar-refractivity contribution < 1.29 is 19.5 Å². The number of nitrogens with zero attached hydrogens (tertiary/aromatic N) is 2. The van der Waals surface area contributed by atoms with E-state index in [0.29, 0.717) is 5.71 Å². The summed E-state index contributed by atoms with van der Waals surface area (Å²) in [5.74, 6) is 3.35. The van der Waals surface area contributed by atoms with Gasteiger partial charge in [0.2, 0.25) is 11.8 Å². The first-order valence-corrected chi connectivity index (χ1v) is 6.59. The number of amides is 2. The summed E-state index contributed by atoms with van der Waals surface area (Å²) in [6.45, 7) is 1.68. The Labute approximate surface area is 114 Å². The molecule has 9 heteroatoms. The average molecular weight is 288 g/mol. The van der Waals surface area contributed by atoms with Crippen molar-refractivity contribution >= 4 is 35.3 Å². The standard InChI is InChI=1S/C10H16N4O4S/c1-5(13-12)3-14-8(15)2-7(9(14)16)19-4-6(11)10(17)18/h6-7H,2-4,11-12H2,1H3,(H,17,18)/b13-5+/t6-,7?/m0/s1. The van der Waals surface area contributed by atoms with Crippen LogP contribution in [-0.4, -0.2) is 57.1 Å². The zero-order valence-corrected chi connectivity index (χ0v) is 11.2. The van der Waals surface area contributed by atoms with E-state index in [-0.39, 0.29) is 30.5 Å². The Balaban J connectivity index is 2.58. The van der Waals surface area contributed by atoms with E-state index in [1.54, 1.807) is 6.92 Å². The number of imide groups is 1. The van der Waals surface area contributed by atoms with E-state index in [1.165, 1.54) is 0 Å². The summed E-state index contributed by atoms with van der Waals surface area (Å²) >= 11 is 1.08. The fraction of sp³-hybridized carbons (Fsp3) is 0.600. The number of hydrogen-bond donors (Lipinski definition) is 3. The molecule has 0 aliphatic carbocycles. The van der Waals surface area contributed by atoms with Gasteiger partial charge in [-0.2, -0.15) is 5.10 Å². The van der Waals surface area contributed by atoms with Crippen LogP contribution >= 0.6 is 11.8 Å². The Morgan fingerprint density at radius 2 is 2.26 bits per heavy atom. The third-order valence-corrected chi connectivity index (χ3v) is 3.93. The van der Waals surface area contributed by atoms with Crippen molar-refractivity contribution in [3.8, 4) is 0 Å². The van der Waals surface area contributed by atoms with Gasteiger partial charge < -0.3 is 16.7 Å². The van der Waals surface area contributed by atoms with Crippen LogP contribution in [0.25, 0.3) is 0 Å². The van der Waals surface area contributed by atoms with Gasteiger partial charge in [0.1, 0.15) is 6.04 Å². The lowest BCUT2D eigenvalue weighted by molar-refractivity contribution is -0.139. The van der Waals surface area contributed by atoms with E-state index in [0.717, 1.165) is 16.7 Å². The number of carboxylic acid groups (broad SMARTS) is 1. The minimum atomic E-state index is -1.13.